The zero-order valence-electron chi connectivity index (χ0n) is 15.7. The van der Waals surface area contributed by atoms with Crippen molar-refractivity contribution in [2.24, 2.45) is 0 Å². The summed E-state index contributed by atoms with van der Waals surface area (Å²) in [6.07, 6.45) is 12.0. The fraction of sp³-hybridized carbons (Fsp3) is 0.500. The Hall–Kier alpha value is -2.90. The van der Waals surface area contributed by atoms with Gasteiger partial charge in [-0.25, -0.2) is 4.98 Å². The normalized spacial score (nSPS) is 22.1. The first-order valence-electron chi connectivity index (χ1n) is 10.1. The molecule has 0 unspecified atom stereocenters. The van der Waals surface area contributed by atoms with Crippen LogP contribution in [0.3, 0.4) is 0 Å². The minimum atomic E-state index is -0.336. The zero-order valence-corrected chi connectivity index (χ0v) is 15.7. The third-order valence-corrected chi connectivity index (χ3v) is 5.61. The number of fused-ring (bicyclic) bond motifs is 1. The van der Waals surface area contributed by atoms with Gasteiger partial charge in [-0.3, -0.25) is 14.9 Å². The fourth-order valence-corrected chi connectivity index (χ4v) is 3.96. The van der Waals surface area contributed by atoms with Crippen LogP contribution in [0.2, 0.25) is 0 Å². The van der Waals surface area contributed by atoms with E-state index in [1.165, 1.54) is 19.3 Å². The monoisotopic (exact) mass is 380 g/mol. The van der Waals surface area contributed by atoms with Crippen LogP contribution in [0.5, 0.6) is 0 Å². The van der Waals surface area contributed by atoms with Gasteiger partial charge in [0.1, 0.15) is 11.6 Å². The van der Waals surface area contributed by atoms with Gasteiger partial charge in [-0.05, 0) is 31.8 Å². The van der Waals surface area contributed by atoms with Gasteiger partial charge in [0.2, 0.25) is 5.91 Å². The summed E-state index contributed by atoms with van der Waals surface area (Å²) in [5.74, 6) is 1.13. The van der Waals surface area contributed by atoms with Crippen LogP contribution >= 0.6 is 0 Å². The molecule has 5 rings (SSSR count). The molecule has 0 aromatic carbocycles. The summed E-state index contributed by atoms with van der Waals surface area (Å²) in [7, 11) is 0. The molecule has 2 aliphatic carbocycles. The molecule has 28 heavy (non-hydrogen) atoms. The van der Waals surface area contributed by atoms with Crippen molar-refractivity contribution in [2.75, 3.05) is 10.6 Å². The lowest BCUT2D eigenvalue weighted by molar-refractivity contribution is -0.124. The smallest absolute Gasteiger partial charge is 0.254 e. The predicted molar refractivity (Wildman–Crippen MR) is 106 cm³/mol. The maximum Gasteiger partial charge on any atom is 0.254 e. The van der Waals surface area contributed by atoms with Gasteiger partial charge in [-0.15, -0.1) is 0 Å². The number of hydrogen-bond donors (Lipinski definition) is 3. The van der Waals surface area contributed by atoms with E-state index in [2.05, 4.69) is 21.0 Å². The molecule has 2 aromatic heterocycles. The number of amides is 2. The van der Waals surface area contributed by atoms with Crippen LogP contribution in [0.1, 0.15) is 56.9 Å². The van der Waals surface area contributed by atoms with Gasteiger partial charge in [0.05, 0.1) is 12.6 Å². The highest BCUT2D eigenvalue weighted by atomic mass is 16.2. The Morgan fingerprint density at radius 1 is 1.07 bits per heavy atom. The molecule has 0 spiro atoms. The number of carbonyl (C=O) groups excluding carboxylic acids is 2. The van der Waals surface area contributed by atoms with Crippen LogP contribution < -0.4 is 16.0 Å². The van der Waals surface area contributed by atoms with E-state index < -0.39 is 0 Å². The molecule has 3 heterocycles. The van der Waals surface area contributed by atoms with Gasteiger partial charge in [-0.2, -0.15) is 9.61 Å². The first-order chi connectivity index (χ1) is 13.7. The van der Waals surface area contributed by atoms with Crippen LogP contribution in [0, 0.1) is 0 Å². The van der Waals surface area contributed by atoms with Gasteiger partial charge in [0.25, 0.3) is 5.91 Å². The summed E-state index contributed by atoms with van der Waals surface area (Å²) in [4.78, 5) is 28.2. The first kappa shape index (κ1) is 17.2. The molecule has 0 bridgehead atoms. The quantitative estimate of drug-likeness (QED) is 0.544. The van der Waals surface area contributed by atoms with Crippen LogP contribution in [-0.4, -0.2) is 38.5 Å². The molecule has 3 aliphatic rings. The molecular formula is C20H24N6O2. The number of nitrogens with one attached hydrogen (secondary N) is 3. The molecule has 146 valence electrons. The molecule has 0 atom stereocenters. The highest BCUT2D eigenvalue weighted by Gasteiger charge is 2.26. The van der Waals surface area contributed by atoms with Crippen LogP contribution in [0.4, 0.5) is 11.6 Å². The number of nitrogens with zero attached hydrogens (tertiary/aromatic N) is 3. The van der Waals surface area contributed by atoms with Crippen LogP contribution in [0.25, 0.3) is 11.7 Å². The van der Waals surface area contributed by atoms with Gasteiger partial charge in [0, 0.05) is 29.3 Å². The lowest BCUT2D eigenvalue weighted by atomic mass is 9.95. The van der Waals surface area contributed by atoms with Crippen molar-refractivity contribution in [2.45, 2.75) is 63.5 Å². The zero-order chi connectivity index (χ0) is 19.1. The third kappa shape index (κ3) is 3.46. The average molecular weight is 380 g/mol. The van der Waals surface area contributed by atoms with Crippen LogP contribution in [0.15, 0.2) is 17.8 Å². The Kier molecular flexibility index (Phi) is 4.26. The predicted octanol–water partition coefficient (Wildman–Crippen LogP) is 2.48. The second-order valence-electron chi connectivity index (χ2n) is 7.98. The lowest BCUT2D eigenvalue weighted by Gasteiger charge is -2.23. The molecule has 8 heteroatoms. The lowest BCUT2D eigenvalue weighted by Crippen LogP contribution is -2.23. The van der Waals surface area contributed by atoms with E-state index in [0.717, 1.165) is 42.9 Å². The van der Waals surface area contributed by atoms with E-state index in [0.29, 0.717) is 23.3 Å². The minimum Gasteiger partial charge on any atom is -0.367 e. The maximum absolute atomic E-state index is 11.9. The molecule has 2 aromatic rings. The highest BCUT2D eigenvalue weighted by molar-refractivity contribution is 6.15. The van der Waals surface area contributed by atoms with Crippen LogP contribution in [-0.2, 0) is 9.59 Å². The second-order valence-corrected chi connectivity index (χ2v) is 7.98. The largest absolute Gasteiger partial charge is 0.367 e. The first-order valence-corrected chi connectivity index (χ1v) is 10.1. The third-order valence-electron chi connectivity index (χ3n) is 5.61. The molecule has 2 amide bonds. The number of anilines is 2. The molecule has 0 radical (unpaired) electrons. The molecule has 3 N–H and O–H groups in total. The molecule has 3 fully saturated rings. The van der Waals surface area contributed by atoms with Gasteiger partial charge in [-0.1, -0.05) is 19.3 Å². The minimum absolute atomic E-state index is 0.101. The summed E-state index contributed by atoms with van der Waals surface area (Å²) >= 11 is 0. The summed E-state index contributed by atoms with van der Waals surface area (Å²) in [6, 6.07) is 2.95. The molecule has 2 saturated carbocycles. The van der Waals surface area contributed by atoms with Gasteiger partial charge in [0.15, 0.2) is 5.65 Å². The summed E-state index contributed by atoms with van der Waals surface area (Å²) in [6.45, 7) is 0. The van der Waals surface area contributed by atoms with Gasteiger partial charge >= 0.3 is 0 Å². The topological polar surface area (TPSA) is 100 Å². The van der Waals surface area contributed by atoms with Crippen molar-refractivity contribution < 1.29 is 9.59 Å². The molecular weight excluding hydrogens is 356 g/mol. The molecule has 1 saturated heterocycles. The number of rotatable bonds is 5. The Balaban J connectivity index is 1.52. The number of aromatic nitrogens is 3. The van der Waals surface area contributed by atoms with Crippen molar-refractivity contribution in [1.82, 2.24) is 19.9 Å². The average Bonchev–Trinajstić information content (AvgIpc) is 3.32. The summed E-state index contributed by atoms with van der Waals surface area (Å²) in [5.41, 5.74) is 1.87. The Morgan fingerprint density at radius 2 is 1.86 bits per heavy atom. The standard InChI is InChI=1S/C20H24N6O2/c27-18-9-12(20(28)25-18)8-13-11-21-26-17(23-15-6-7-15)10-16(24-19(13)26)22-14-4-2-1-3-5-14/h8,10-11,14-15,23H,1-7,9H2,(H,22,24)(H,25,27,28)/b12-8+. The highest BCUT2D eigenvalue weighted by Crippen LogP contribution is 2.29. The fourth-order valence-electron chi connectivity index (χ4n) is 3.96. The SMILES string of the molecule is O=C1C/C(=C\c2cnn3c(NC4CC4)cc(NC4CCCCC4)nc23)C(=O)N1. The second kappa shape index (κ2) is 6.92. The van der Waals surface area contributed by atoms with E-state index in [9.17, 15) is 9.59 Å². The van der Waals surface area contributed by atoms with E-state index in [-0.39, 0.29) is 18.2 Å². The number of carbonyl (C=O) groups is 2. The van der Waals surface area contributed by atoms with Crippen molar-refractivity contribution in [1.29, 1.82) is 0 Å². The molecule has 1 aliphatic heterocycles. The Morgan fingerprint density at radius 3 is 2.57 bits per heavy atom. The maximum atomic E-state index is 11.9. The van der Waals surface area contributed by atoms with Crippen molar-refractivity contribution >= 4 is 35.2 Å². The number of hydrogen-bond acceptors (Lipinski definition) is 6. The summed E-state index contributed by atoms with van der Waals surface area (Å²) < 4.78 is 1.78. The van der Waals surface area contributed by atoms with Crippen molar-refractivity contribution in [3.63, 3.8) is 0 Å². The van der Waals surface area contributed by atoms with E-state index >= 15 is 0 Å². The van der Waals surface area contributed by atoms with Crippen molar-refractivity contribution in [3.8, 4) is 0 Å². The Labute approximate surface area is 162 Å². The van der Waals surface area contributed by atoms with E-state index in [4.69, 9.17) is 4.98 Å². The molecule has 8 nitrogen and oxygen atoms in total. The van der Waals surface area contributed by atoms with E-state index in [1.807, 2.05) is 6.07 Å². The van der Waals surface area contributed by atoms with Gasteiger partial charge < -0.3 is 10.6 Å². The van der Waals surface area contributed by atoms with Crippen molar-refractivity contribution in [3.05, 3.63) is 23.4 Å². The Bertz CT molecular complexity index is 968. The number of imide groups is 1. The summed E-state index contributed by atoms with van der Waals surface area (Å²) in [5, 5.41) is 13.9. The van der Waals surface area contributed by atoms with E-state index in [1.54, 1.807) is 16.8 Å².